The van der Waals surface area contributed by atoms with Gasteiger partial charge in [0.2, 0.25) is 0 Å². The van der Waals surface area contributed by atoms with E-state index in [1.807, 2.05) is 6.92 Å². The Balaban J connectivity index is 3.79. The van der Waals surface area contributed by atoms with Crippen LogP contribution in [0.2, 0.25) is 0 Å². The summed E-state index contributed by atoms with van der Waals surface area (Å²) >= 11 is 0. The fourth-order valence-electron chi connectivity index (χ4n) is 0.345. The first-order valence-electron chi connectivity index (χ1n) is 2.66. The average Bonchev–Trinajstić information content (AvgIpc) is 1.87. The molecular weight excluding hydrogens is 116 g/mol. The van der Waals surface area contributed by atoms with E-state index in [-0.39, 0.29) is 0 Å². The summed E-state index contributed by atoms with van der Waals surface area (Å²) in [6.45, 7) is 5.42. The molecule has 0 heterocycles. The predicted molar refractivity (Wildman–Crippen MR) is 36.9 cm³/mol. The second-order valence-electron chi connectivity index (χ2n) is 1.63. The molecule has 0 aliphatic carbocycles. The van der Waals surface area contributed by atoms with E-state index in [0.717, 1.165) is 5.76 Å². The van der Waals surface area contributed by atoms with Crippen LogP contribution in [0.5, 0.6) is 0 Å². The maximum atomic E-state index is 4.84. The number of hydrogen-bond acceptors (Lipinski definition) is 2. The van der Waals surface area contributed by atoms with Gasteiger partial charge in [0.15, 0.2) is 0 Å². The Morgan fingerprint density at radius 3 is 2.22 bits per heavy atom. The van der Waals surface area contributed by atoms with E-state index in [4.69, 9.17) is 9.47 Å². The first-order valence-corrected chi connectivity index (χ1v) is 2.66. The van der Waals surface area contributed by atoms with Gasteiger partial charge in [0.1, 0.15) is 5.76 Å². The van der Waals surface area contributed by atoms with Crippen molar-refractivity contribution in [3.05, 3.63) is 24.2 Å². The lowest BCUT2D eigenvalue weighted by atomic mass is 10.4. The first kappa shape index (κ1) is 8.08. The Kier molecular flexibility index (Phi) is 3.60. The summed E-state index contributed by atoms with van der Waals surface area (Å²) in [7, 11) is 3.18. The standard InChI is InChI=1S/C7H12O2/c1-6(8-3)5-7(2)9-4/h5H,1H2,2-4H3/b7-5+. The quantitative estimate of drug-likeness (QED) is 0.425. The Morgan fingerprint density at radius 1 is 1.33 bits per heavy atom. The molecule has 0 rings (SSSR count). The third-order valence-electron chi connectivity index (χ3n) is 0.948. The van der Waals surface area contributed by atoms with Crippen LogP contribution in [0, 0.1) is 0 Å². The van der Waals surface area contributed by atoms with Gasteiger partial charge >= 0.3 is 0 Å². The van der Waals surface area contributed by atoms with Gasteiger partial charge in [-0.3, -0.25) is 0 Å². The van der Waals surface area contributed by atoms with Gasteiger partial charge in [-0.25, -0.2) is 0 Å². The van der Waals surface area contributed by atoms with Crippen molar-refractivity contribution in [3.63, 3.8) is 0 Å². The van der Waals surface area contributed by atoms with Gasteiger partial charge in [0.25, 0.3) is 0 Å². The summed E-state index contributed by atoms with van der Waals surface area (Å²) in [4.78, 5) is 0. The summed E-state index contributed by atoms with van der Waals surface area (Å²) in [5.74, 6) is 1.40. The van der Waals surface area contributed by atoms with Crippen molar-refractivity contribution in [3.8, 4) is 0 Å². The second kappa shape index (κ2) is 4.01. The van der Waals surface area contributed by atoms with E-state index in [2.05, 4.69) is 6.58 Å². The number of ether oxygens (including phenoxy) is 2. The molecule has 0 aliphatic heterocycles. The largest absolute Gasteiger partial charge is 0.501 e. The van der Waals surface area contributed by atoms with E-state index < -0.39 is 0 Å². The second-order valence-corrected chi connectivity index (χ2v) is 1.63. The minimum Gasteiger partial charge on any atom is -0.501 e. The van der Waals surface area contributed by atoms with Crippen molar-refractivity contribution in [2.45, 2.75) is 6.92 Å². The molecule has 0 aromatic carbocycles. The Bertz CT molecular complexity index is 125. The monoisotopic (exact) mass is 128 g/mol. The van der Waals surface area contributed by atoms with Crippen LogP contribution in [0.15, 0.2) is 24.2 Å². The Hall–Kier alpha value is -0.920. The van der Waals surface area contributed by atoms with E-state index in [1.54, 1.807) is 20.3 Å². The maximum absolute atomic E-state index is 4.84. The smallest absolute Gasteiger partial charge is 0.115 e. The highest BCUT2D eigenvalue weighted by molar-refractivity contribution is 5.09. The van der Waals surface area contributed by atoms with Gasteiger partial charge in [0.05, 0.1) is 20.0 Å². The Morgan fingerprint density at radius 2 is 1.89 bits per heavy atom. The zero-order chi connectivity index (χ0) is 7.28. The van der Waals surface area contributed by atoms with Gasteiger partial charge in [-0.1, -0.05) is 6.58 Å². The van der Waals surface area contributed by atoms with E-state index in [1.165, 1.54) is 0 Å². The van der Waals surface area contributed by atoms with Crippen LogP contribution in [-0.2, 0) is 9.47 Å². The highest BCUT2D eigenvalue weighted by atomic mass is 16.5. The van der Waals surface area contributed by atoms with Gasteiger partial charge < -0.3 is 9.47 Å². The average molecular weight is 128 g/mol. The normalized spacial score (nSPS) is 10.8. The fourth-order valence-corrected chi connectivity index (χ4v) is 0.345. The summed E-state index contributed by atoms with van der Waals surface area (Å²) in [6.07, 6.45) is 1.72. The highest BCUT2D eigenvalue weighted by Crippen LogP contribution is 1.99. The third kappa shape index (κ3) is 3.64. The summed E-state index contributed by atoms with van der Waals surface area (Å²) in [6, 6.07) is 0. The zero-order valence-electron chi connectivity index (χ0n) is 6.10. The van der Waals surface area contributed by atoms with Crippen molar-refractivity contribution in [2.75, 3.05) is 14.2 Å². The third-order valence-corrected chi connectivity index (χ3v) is 0.948. The summed E-state index contributed by atoms with van der Waals surface area (Å²) < 4.78 is 9.61. The molecule has 0 spiro atoms. The van der Waals surface area contributed by atoms with Crippen LogP contribution in [-0.4, -0.2) is 14.2 Å². The molecule has 9 heavy (non-hydrogen) atoms. The van der Waals surface area contributed by atoms with Gasteiger partial charge in [-0.15, -0.1) is 0 Å². The lowest BCUT2D eigenvalue weighted by Gasteiger charge is -1.99. The van der Waals surface area contributed by atoms with Gasteiger partial charge in [-0.05, 0) is 6.92 Å². The first-order chi connectivity index (χ1) is 4.20. The molecule has 0 saturated heterocycles. The summed E-state index contributed by atoms with van der Waals surface area (Å²) in [5, 5.41) is 0. The summed E-state index contributed by atoms with van der Waals surface area (Å²) in [5.41, 5.74) is 0. The molecule has 0 atom stereocenters. The molecule has 0 aliphatic rings. The number of methoxy groups -OCH3 is 2. The van der Waals surface area contributed by atoms with Gasteiger partial charge in [-0.2, -0.15) is 0 Å². The molecule has 0 aromatic heterocycles. The molecular formula is C7H12O2. The maximum Gasteiger partial charge on any atom is 0.115 e. The number of hydrogen-bond donors (Lipinski definition) is 0. The molecule has 2 heteroatoms. The minimum atomic E-state index is 0.606. The van der Waals surface area contributed by atoms with Crippen molar-refractivity contribution < 1.29 is 9.47 Å². The molecule has 2 nitrogen and oxygen atoms in total. The molecule has 0 fully saturated rings. The van der Waals surface area contributed by atoms with E-state index in [9.17, 15) is 0 Å². The van der Waals surface area contributed by atoms with E-state index in [0.29, 0.717) is 5.76 Å². The molecule has 0 radical (unpaired) electrons. The predicted octanol–water partition coefficient (Wildman–Crippen LogP) is 1.70. The van der Waals surface area contributed by atoms with E-state index >= 15 is 0 Å². The SMILES string of the molecule is C=C(/C=C(\C)OC)OC. The number of allylic oxidation sites excluding steroid dienone is 2. The molecule has 0 amide bonds. The molecule has 0 bridgehead atoms. The molecule has 0 saturated carbocycles. The van der Waals surface area contributed by atoms with Crippen molar-refractivity contribution in [2.24, 2.45) is 0 Å². The molecule has 0 aromatic rings. The molecule has 0 unspecified atom stereocenters. The fraction of sp³-hybridized carbons (Fsp3) is 0.429. The minimum absolute atomic E-state index is 0.606. The lowest BCUT2D eigenvalue weighted by Crippen LogP contribution is -1.83. The molecule has 0 N–H and O–H groups in total. The van der Waals surface area contributed by atoms with Crippen LogP contribution in [0.25, 0.3) is 0 Å². The van der Waals surface area contributed by atoms with Crippen LogP contribution in [0.3, 0.4) is 0 Å². The number of rotatable bonds is 3. The van der Waals surface area contributed by atoms with Crippen LogP contribution in [0.1, 0.15) is 6.92 Å². The topological polar surface area (TPSA) is 18.5 Å². The Labute approximate surface area is 55.8 Å². The van der Waals surface area contributed by atoms with Crippen LogP contribution in [0.4, 0.5) is 0 Å². The molecule has 52 valence electrons. The van der Waals surface area contributed by atoms with Crippen LogP contribution < -0.4 is 0 Å². The van der Waals surface area contributed by atoms with Gasteiger partial charge in [0, 0.05) is 6.08 Å². The van der Waals surface area contributed by atoms with Crippen molar-refractivity contribution >= 4 is 0 Å². The lowest BCUT2D eigenvalue weighted by molar-refractivity contribution is 0.277. The highest BCUT2D eigenvalue weighted by Gasteiger charge is 1.86. The zero-order valence-corrected chi connectivity index (χ0v) is 6.10. The van der Waals surface area contributed by atoms with Crippen molar-refractivity contribution in [1.82, 2.24) is 0 Å². The van der Waals surface area contributed by atoms with Crippen LogP contribution >= 0.6 is 0 Å². The van der Waals surface area contributed by atoms with Crippen molar-refractivity contribution in [1.29, 1.82) is 0 Å².